The van der Waals surface area contributed by atoms with Gasteiger partial charge in [0.25, 0.3) is 0 Å². The van der Waals surface area contributed by atoms with E-state index in [0.717, 1.165) is 5.56 Å². The summed E-state index contributed by atoms with van der Waals surface area (Å²) in [5, 5.41) is 1.89. The first-order valence-corrected chi connectivity index (χ1v) is 8.42. The molecule has 2 heterocycles. The van der Waals surface area contributed by atoms with Gasteiger partial charge in [0.15, 0.2) is 5.43 Å². The highest BCUT2D eigenvalue weighted by atomic mass is 16.3. The van der Waals surface area contributed by atoms with E-state index in [2.05, 4.69) is 23.2 Å². The molecular formula is C23H17NO2. The van der Waals surface area contributed by atoms with Crippen molar-refractivity contribution in [2.45, 2.75) is 0 Å². The van der Waals surface area contributed by atoms with E-state index in [-0.39, 0.29) is 5.43 Å². The van der Waals surface area contributed by atoms with Crippen LogP contribution < -0.4 is 5.43 Å². The quantitative estimate of drug-likeness (QED) is 0.430. The maximum Gasteiger partial charge on any atom is 0.193 e. The molecule has 2 aromatic heterocycles. The minimum atomic E-state index is -0.00861. The molecule has 0 aliphatic heterocycles. The van der Waals surface area contributed by atoms with Crippen LogP contribution >= 0.6 is 0 Å². The summed E-state index contributed by atoms with van der Waals surface area (Å²) in [7, 11) is 0. The first-order chi connectivity index (χ1) is 12.8. The van der Waals surface area contributed by atoms with Gasteiger partial charge < -0.3 is 9.40 Å². The van der Waals surface area contributed by atoms with Crippen LogP contribution in [0.4, 0.5) is 0 Å². The molecular weight excluding hydrogens is 322 g/mol. The van der Waals surface area contributed by atoms with Crippen molar-refractivity contribution in [3.8, 4) is 11.3 Å². The fraction of sp³-hybridized carbons (Fsp3) is 0. The van der Waals surface area contributed by atoms with Crippen molar-refractivity contribution >= 4 is 21.9 Å². The van der Waals surface area contributed by atoms with Crippen LogP contribution in [0.1, 0.15) is 0 Å². The number of aromatic nitrogens is 1. The summed E-state index contributed by atoms with van der Waals surface area (Å²) >= 11 is 0. The Hall–Kier alpha value is -3.59. The highest BCUT2D eigenvalue weighted by Gasteiger charge is 2.05. The monoisotopic (exact) mass is 339 g/mol. The van der Waals surface area contributed by atoms with Gasteiger partial charge in [-0.2, -0.15) is 0 Å². The van der Waals surface area contributed by atoms with Crippen LogP contribution in [0.25, 0.3) is 33.2 Å². The van der Waals surface area contributed by atoms with Gasteiger partial charge in [0.1, 0.15) is 11.3 Å². The smallest absolute Gasteiger partial charge is 0.193 e. The first-order valence-electron chi connectivity index (χ1n) is 8.42. The van der Waals surface area contributed by atoms with E-state index in [9.17, 15) is 4.79 Å². The summed E-state index contributed by atoms with van der Waals surface area (Å²) in [5.74, 6) is 0.606. The summed E-state index contributed by atoms with van der Waals surface area (Å²) in [6.07, 6.45) is 1.95. The van der Waals surface area contributed by atoms with Gasteiger partial charge in [-0.3, -0.25) is 4.79 Å². The number of fused-ring (bicyclic) bond motifs is 2. The zero-order valence-electron chi connectivity index (χ0n) is 14.1. The van der Waals surface area contributed by atoms with Crippen LogP contribution in [-0.2, 0) is 0 Å². The van der Waals surface area contributed by atoms with Crippen LogP contribution in [0.5, 0.6) is 0 Å². The lowest BCUT2D eigenvalue weighted by Crippen LogP contribution is -1.99. The lowest BCUT2D eigenvalue weighted by atomic mass is 10.1. The molecule has 26 heavy (non-hydrogen) atoms. The average molecular weight is 339 g/mol. The topological polar surface area (TPSA) is 46.0 Å². The minimum Gasteiger partial charge on any atom is -0.456 e. The highest BCUT2D eigenvalue weighted by Crippen LogP contribution is 2.21. The third-order valence-electron chi connectivity index (χ3n) is 4.16. The Bertz CT molecular complexity index is 1170. The fourth-order valence-electron chi connectivity index (χ4n) is 2.84. The van der Waals surface area contributed by atoms with Crippen molar-refractivity contribution in [2.24, 2.45) is 0 Å². The van der Waals surface area contributed by atoms with E-state index in [1.54, 1.807) is 6.07 Å². The molecule has 0 saturated carbocycles. The van der Waals surface area contributed by atoms with Crippen molar-refractivity contribution < 1.29 is 4.42 Å². The molecule has 3 heteroatoms. The molecule has 0 bridgehead atoms. The van der Waals surface area contributed by atoms with Gasteiger partial charge in [-0.25, -0.2) is 0 Å². The van der Waals surface area contributed by atoms with E-state index in [1.165, 1.54) is 17.0 Å². The van der Waals surface area contributed by atoms with Crippen molar-refractivity contribution in [2.75, 3.05) is 0 Å². The molecule has 0 amide bonds. The molecule has 0 fully saturated rings. The molecule has 0 atom stereocenters. The van der Waals surface area contributed by atoms with Gasteiger partial charge >= 0.3 is 0 Å². The van der Waals surface area contributed by atoms with Gasteiger partial charge in [-0.05, 0) is 29.7 Å². The Kier molecular flexibility index (Phi) is 4.35. The highest BCUT2D eigenvalue weighted by molar-refractivity contribution is 5.79. The molecule has 0 spiro atoms. The third kappa shape index (κ3) is 3.28. The van der Waals surface area contributed by atoms with Gasteiger partial charge in [0.2, 0.25) is 0 Å². The maximum atomic E-state index is 11.9. The van der Waals surface area contributed by atoms with Crippen LogP contribution in [0, 0.1) is 0 Å². The zero-order chi connectivity index (χ0) is 17.8. The molecule has 3 nitrogen and oxygen atoms in total. The predicted octanol–water partition coefficient (Wildman–Crippen LogP) is 5.63. The standard InChI is InChI=1S/C15H10O2.C8H7N/c16-13-10-15(11-6-2-1-3-7-11)17-14-9-5-4-8-12(13)14;1-2-4-8-7(3-1)5-6-9-8/h1-10H;1-6,9H. The first kappa shape index (κ1) is 15.9. The summed E-state index contributed by atoms with van der Waals surface area (Å²) in [4.78, 5) is 15.0. The summed E-state index contributed by atoms with van der Waals surface area (Å²) in [5.41, 5.74) is 2.73. The van der Waals surface area contributed by atoms with Crippen LogP contribution in [0.15, 0.2) is 106 Å². The average Bonchev–Trinajstić information content (AvgIpc) is 3.18. The number of hydrogen-bond donors (Lipinski definition) is 1. The molecule has 0 aliphatic carbocycles. The zero-order valence-corrected chi connectivity index (χ0v) is 14.1. The maximum absolute atomic E-state index is 11.9. The molecule has 5 aromatic rings. The Morgan fingerprint density at radius 3 is 2.31 bits per heavy atom. The van der Waals surface area contributed by atoms with Gasteiger partial charge in [-0.15, -0.1) is 0 Å². The van der Waals surface area contributed by atoms with Crippen molar-refractivity contribution in [1.82, 2.24) is 4.98 Å². The molecule has 126 valence electrons. The van der Waals surface area contributed by atoms with E-state index < -0.39 is 0 Å². The van der Waals surface area contributed by atoms with Crippen molar-refractivity contribution in [3.63, 3.8) is 0 Å². The van der Waals surface area contributed by atoms with Gasteiger partial charge in [0.05, 0.1) is 5.39 Å². The Morgan fingerprint density at radius 2 is 1.46 bits per heavy atom. The molecule has 0 aliphatic rings. The second-order valence-electron chi connectivity index (χ2n) is 5.90. The van der Waals surface area contributed by atoms with Gasteiger partial charge in [0, 0.05) is 23.3 Å². The van der Waals surface area contributed by atoms with Crippen LogP contribution in [0.3, 0.4) is 0 Å². The molecule has 5 rings (SSSR count). The van der Waals surface area contributed by atoms with E-state index in [1.807, 2.05) is 66.9 Å². The lowest BCUT2D eigenvalue weighted by Gasteiger charge is -2.02. The largest absolute Gasteiger partial charge is 0.456 e. The molecule has 0 saturated heterocycles. The molecule has 3 aromatic carbocycles. The summed E-state index contributed by atoms with van der Waals surface area (Å²) in [6.45, 7) is 0. The Balaban J connectivity index is 0.000000157. The predicted molar refractivity (Wildman–Crippen MR) is 106 cm³/mol. The summed E-state index contributed by atoms with van der Waals surface area (Å²) in [6, 6.07) is 28.7. The van der Waals surface area contributed by atoms with Gasteiger partial charge in [-0.1, -0.05) is 60.7 Å². The molecule has 0 radical (unpaired) electrons. The molecule has 1 N–H and O–H groups in total. The number of aromatic amines is 1. The minimum absolute atomic E-state index is 0.00861. The molecule has 0 unspecified atom stereocenters. The normalized spacial score (nSPS) is 10.5. The summed E-state index contributed by atoms with van der Waals surface area (Å²) < 4.78 is 5.73. The second kappa shape index (κ2) is 7.11. The number of rotatable bonds is 1. The Labute approximate surface area is 150 Å². The number of para-hydroxylation sites is 2. The van der Waals surface area contributed by atoms with E-state index in [4.69, 9.17) is 4.42 Å². The fourth-order valence-corrected chi connectivity index (χ4v) is 2.84. The lowest BCUT2D eigenvalue weighted by molar-refractivity contribution is 0.619. The van der Waals surface area contributed by atoms with Crippen molar-refractivity contribution in [3.05, 3.63) is 107 Å². The number of benzene rings is 3. The third-order valence-corrected chi connectivity index (χ3v) is 4.16. The Morgan fingerprint density at radius 1 is 0.731 bits per heavy atom. The van der Waals surface area contributed by atoms with E-state index >= 15 is 0 Å². The van der Waals surface area contributed by atoms with Crippen LogP contribution in [0.2, 0.25) is 0 Å². The number of hydrogen-bond acceptors (Lipinski definition) is 2. The SMILES string of the molecule is O=c1cc(-c2ccccc2)oc2ccccc12.c1ccc2[nH]ccc2c1. The second-order valence-corrected chi connectivity index (χ2v) is 5.90. The van der Waals surface area contributed by atoms with Crippen molar-refractivity contribution in [1.29, 1.82) is 0 Å². The van der Waals surface area contributed by atoms with Crippen LogP contribution in [-0.4, -0.2) is 4.98 Å². The number of nitrogens with one attached hydrogen (secondary N) is 1. The van der Waals surface area contributed by atoms with E-state index in [0.29, 0.717) is 16.7 Å². The number of H-pyrrole nitrogens is 1.